The van der Waals surface area contributed by atoms with Crippen molar-refractivity contribution in [2.45, 2.75) is 6.92 Å². The van der Waals surface area contributed by atoms with Crippen LogP contribution in [0.3, 0.4) is 0 Å². The Morgan fingerprint density at radius 1 is 0.962 bits per heavy atom. The third-order valence-corrected chi connectivity index (χ3v) is 3.89. The third-order valence-electron chi connectivity index (χ3n) is 3.89. The van der Waals surface area contributed by atoms with Gasteiger partial charge in [-0.25, -0.2) is 4.98 Å². The van der Waals surface area contributed by atoms with E-state index >= 15 is 0 Å². The van der Waals surface area contributed by atoms with Crippen LogP contribution in [0.4, 0.5) is 5.82 Å². The molecule has 0 aliphatic heterocycles. The number of nitrogens with one attached hydrogen (secondary N) is 1. The molecule has 0 saturated heterocycles. The van der Waals surface area contributed by atoms with E-state index in [1.807, 2.05) is 55.5 Å². The number of aromatic nitrogens is 4. The first kappa shape index (κ1) is 15.8. The van der Waals surface area contributed by atoms with Crippen molar-refractivity contribution >= 4 is 22.9 Å². The van der Waals surface area contributed by atoms with Gasteiger partial charge in [-0.2, -0.15) is 5.10 Å². The maximum Gasteiger partial charge on any atom is 0.146 e. The fraction of sp³-hybridized carbons (Fsp3) is 0.0500. The van der Waals surface area contributed by atoms with Crippen molar-refractivity contribution in [1.29, 1.82) is 0 Å². The van der Waals surface area contributed by atoms with E-state index in [4.69, 9.17) is 0 Å². The fourth-order valence-corrected chi connectivity index (χ4v) is 2.59. The highest BCUT2D eigenvalue weighted by molar-refractivity contribution is 5.83. The topological polar surface area (TPSA) is 76.0 Å². The summed E-state index contributed by atoms with van der Waals surface area (Å²) in [6.07, 6.45) is 6.91. The van der Waals surface area contributed by atoms with Gasteiger partial charge in [0.05, 0.1) is 35.0 Å². The lowest BCUT2D eigenvalue weighted by Gasteiger charge is -2.06. The van der Waals surface area contributed by atoms with Gasteiger partial charge in [0.25, 0.3) is 0 Å². The van der Waals surface area contributed by atoms with Crippen LogP contribution in [0.15, 0.2) is 72.2 Å². The lowest BCUT2D eigenvalue weighted by molar-refractivity contribution is 1.21. The molecule has 0 radical (unpaired) electrons. The molecule has 0 amide bonds. The summed E-state index contributed by atoms with van der Waals surface area (Å²) < 4.78 is 0. The molecule has 0 saturated carbocycles. The number of aryl methyl sites for hydroxylation is 1. The monoisotopic (exact) mass is 340 g/mol. The van der Waals surface area contributed by atoms with Gasteiger partial charge in [-0.15, -0.1) is 0 Å². The molecule has 0 atom stereocenters. The number of rotatable bonds is 4. The van der Waals surface area contributed by atoms with Gasteiger partial charge in [0.2, 0.25) is 0 Å². The molecule has 0 fully saturated rings. The zero-order valence-electron chi connectivity index (χ0n) is 14.2. The van der Waals surface area contributed by atoms with Gasteiger partial charge in [-0.05, 0) is 48.9 Å². The van der Waals surface area contributed by atoms with E-state index in [1.165, 1.54) is 0 Å². The first-order valence-electron chi connectivity index (χ1n) is 8.18. The molecule has 6 heteroatoms. The molecule has 1 N–H and O–H groups in total. The maximum absolute atomic E-state index is 4.54. The minimum absolute atomic E-state index is 0.647. The average molecular weight is 340 g/mol. The van der Waals surface area contributed by atoms with Gasteiger partial charge < -0.3 is 0 Å². The van der Waals surface area contributed by atoms with E-state index in [-0.39, 0.29) is 0 Å². The van der Waals surface area contributed by atoms with Crippen LogP contribution in [0.2, 0.25) is 0 Å². The first-order chi connectivity index (χ1) is 12.8. The quantitative estimate of drug-likeness (QED) is 0.451. The molecule has 0 aliphatic carbocycles. The van der Waals surface area contributed by atoms with E-state index in [9.17, 15) is 0 Å². The summed E-state index contributed by atoms with van der Waals surface area (Å²) in [7, 11) is 0. The van der Waals surface area contributed by atoms with Gasteiger partial charge in [0.15, 0.2) is 0 Å². The Kier molecular flexibility index (Phi) is 4.30. The summed E-state index contributed by atoms with van der Waals surface area (Å²) in [5.41, 5.74) is 7.30. The molecule has 0 aliphatic rings. The SMILES string of the molecule is Cc1cccnc1-c1cc2ccc(NN=Cc3ccccn3)nc2cn1. The molecular weight excluding hydrogens is 324 g/mol. The molecule has 26 heavy (non-hydrogen) atoms. The normalized spacial score (nSPS) is 11.1. The Bertz CT molecular complexity index is 1080. The molecule has 4 rings (SSSR count). The van der Waals surface area contributed by atoms with Crippen LogP contribution in [0, 0.1) is 6.92 Å². The summed E-state index contributed by atoms with van der Waals surface area (Å²) >= 11 is 0. The van der Waals surface area contributed by atoms with Crippen molar-refractivity contribution in [3.8, 4) is 11.4 Å². The summed E-state index contributed by atoms with van der Waals surface area (Å²) in [6, 6.07) is 15.5. The molecule has 6 nitrogen and oxygen atoms in total. The Labute approximate surface area is 150 Å². The van der Waals surface area contributed by atoms with Gasteiger partial charge in [-0.3, -0.25) is 20.4 Å². The van der Waals surface area contributed by atoms with Crippen LogP contribution in [0.25, 0.3) is 22.3 Å². The zero-order chi connectivity index (χ0) is 17.8. The van der Waals surface area contributed by atoms with Gasteiger partial charge >= 0.3 is 0 Å². The molecule has 4 aromatic heterocycles. The molecule has 0 spiro atoms. The van der Waals surface area contributed by atoms with Crippen molar-refractivity contribution in [2.75, 3.05) is 5.43 Å². The smallest absolute Gasteiger partial charge is 0.146 e. The van der Waals surface area contributed by atoms with Crippen molar-refractivity contribution in [3.05, 3.63) is 78.4 Å². The second-order valence-corrected chi connectivity index (χ2v) is 5.75. The molecule has 4 heterocycles. The number of hydrogen-bond donors (Lipinski definition) is 1. The molecule has 0 bridgehead atoms. The number of nitrogens with zero attached hydrogens (tertiary/aromatic N) is 5. The Morgan fingerprint density at radius 3 is 2.73 bits per heavy atom. The molecule has 0 unspecified atom stereocenters. The number of hydrogen-bond acceptors (Lipinski definition) is 6. The summed E-state index contributed by atoms with van der Waals surface area (Å²) in [5, 5.41) is 5.16. The van der Waals surface area contributed by atoms with Crippen LogP contribution in [-0.4, -0.2) is 26.2 Å². The first-order valence-corrected chi connectivity index (χ1v) is 8.18. The summed E-state index contributed by atoms with van der Waals surface area (Å²) in [5.74, 6) is 0.647. The number of fused-ring (bicyclic) bond motifs is 1. The van der Waals surface area contributed by atoms with Crippen molar-refractivity contribution in [1.82, 2.24) is 19.9 Å². The zero-order valence-corrected chi connectivity index (χ0v) is 14.2. The van der Waals surface area contributed by atoms with Crippen LogP contribution in [-0.2, 0) is 0 Å². The van der Waals surface area contributed by atoms with Gasteiger partial charge in [-0.1, -0.05) is 12.1 Å². The summed E-state index contributed by atoms with van der Waals surface area (Å²) in [6.45, 7) is 2.03. The van der Waals surface area contributed by atoms with Crippen LogP contribution in [0.5, 0.6) is 0 Å². The Hall–Kier alpha value is -3.67. The molecule has 4 aromatic rings. The van der Waals surface area contributed by atoms with Gasteiger partial charge in [0.1, 0.15) is 5.82 Å². The highest BCUT2D eigenvalue weighted by Crippen LogP contribution is 2.22. The van der Waals surface area contributed by atoms with E-state index in [2.05, 4.69) is 30.5 Å². The second-order valence-electron chi connectivity index (χ2n) is 5.75. The van der Waals surface area contributed by atoms with Gasteiger partial charge in [0, 0.05) is 17.8 Å². The van der Waals surface area contributed by atoms with E-state index in [0.29, 0.717) is 5.82 Å². The van der Waals surface area contributed by atoms with Crippen molar-refractivity contribution in [2.24, 2.45) is 5.10 Å². The Morgan fingerprint density at radius 2 is 1.88 bits per heavy atom. The van der Waals surface area contributed by atoms with Crippen molar-refractivity contribution in [3.63, 3.8) is 0 Å². The number of hydrazone groups is 1. The average Bonchev–Trinajstić information content (AvgIpc) is 2.69. The maximum atomic E-state index is 4.54. The minimum atomic E-state index is 0.647. The fourth-order valence-electron chi connectivity index (χ4n) is 2.59. The van der Waals surface area contributed by atoms with Crippen LogP contribution in [0.1, 0.15) is 11.3 Å². The summed E-state index contributed by atoms with van der Waals surface area (Å²) in [4.78, 5) is 17.6. The van der Waals surface area contributed by atoms with E-state index in [0.717, 1.165) is 33.5 Å². The second kappa shape index (κ2) is 7.06. The minimum Gasteiger partial charge on any atom is -0.261 e. The Balaban J connectivity index is 1.57. The number of pyridine rings is 4. The predicted octanol–water partition coefficient (Wildman–Crippen LogP) is 3.84. The molecule has 0 aromatic carbocycles. The standard InChI is InChI=1S/C20H16N6/c1-14-5-4-10-22-20(14)17-11-15-7-8-19(25-18(15)13-23-17)26-24-12-16-6-2-3-9-21-16/h2-13H,1H3,(H,25,26). The third kappa shape index (κ3) is 3.39. The lowest BCUT2D eigenvalue weighted by atomic mass is 10.1. The predicted molar refractivity (Wildman–Crippen MR) is 103 cm³/mol. The lowest BCUT2D eigenvalue weighted by Crippen LogP contribution is -1.96. The van der Waals surface area contributed by atoms with Crippen LogP contribution >= 0.6 is 0 Å². The van der Waals surface area contributed by atoms with Crippen molar-refractivity contribution < 1.29 is 0 Å². The largest absolute Gasteiger partial charge is 0.261 e. The van der Waals surface area contributed by atoms with Crippen LogP contribution < -0.4 is 5.43 Å². The molecular formula is C20H16N6. The highest BCUT2D eigenvalue weighted by atomic mass is 15.3. The highest BCUT2D eigenvalue weighted by Gasteiger charge is 2.06. The molecule has 126 valence electrons. The van der Waals surface area contributed by atoms with E-state index in [1.54, 1.807) is 24.8 Å². The number of anilines is 1. The van der Waals surface area contributed by atoms with E-state index < -0.39 is 0 Å².